The molecule has 0 radical (unpaired) electrons. The first kappa shape index (κ1) is 7.55. The lowest BCUT2D eigenvalue weighted by atomic mass is 10.2. The number of nitrogens with zero attached hydrogens (tertiary/aromatic N) is 1. The van der Waals surface area contributed by atoms with Crippen LogP contribution in [0.25, 0.3) is 0 Å². The topological polar surface area (TPSA) is 35.8 Å². The first-order chi connectivity index (χ1) is 5.24. The van der Waals surface area contributed by atoms with Gasteiger partial charge in [0.05, 0.1) is 5.69 Å². The van der Waals surface area contributed by atoms with E-state index in [4.69, 9.17) is 5.26 Å². The third kappa shape index (κ3) is 1.68. The minimum absolute atomic E-state index is 0.220. The van der Waals surface area contributed by atoms with Gasteiger partial charge in [-0.05, 0) is 24.6 Å². The van der Waals surface area contributed by atoms with E-state index in [9.17, 15) is 4.39 Å². The molecule has 2 nitrogen and oxygen atoms in total. The maximum atomic E-state index is 12.8. The van der Waals surface area contributed by atoms with Crippen molar-refractivity contribution >= 4 is 5.69 Å². The van der Waals surface area contributed by atoms with Crippen LogP contribution in [0.5, 0.6) is 0 Å². The van der Waals surface area contributed by atoms with Gasteiger partial charge in [-0.25, -0.2) is 4.39 Å². The van der Waals surface area contributed by atoms with E-state index in [0.717, 1.165) is 5.56 Å². The van der Waals surface area contributed by atoms with Gasteiger partial charge in [-0.3, -0.25) is 5.32 Å². The molecule has 3 heteroatoms. The summed E-state index contributed by atoms with van der Waals surface area (Å²) >= 11 is 0. The van der Waals surface area contributed by atoms with E-state index in [2.05, 4.69) is 5.32 Å². The minimum atomic E-state index is -0.397. The van der Waals surface area contributed by atoms with Crippen LogP contribution in [0.1, 0.15) is 5.56 Å². The van der Waals surface area contributed by atoms with Gasteiger partial charge in [0.2, 0.25) is 0 Å². The molecule has 0 fully saturated rings. The highest BCUT2D eigenvalue weighted by Crippen LogP contribution is 2.13. The number of benzene rings is 1. The summed E-state index contributed by atoms with van der Waals surface area (Å²) in [5.74, 6) is -0.397. The molecule has 11 heavy (non-hydrogen) atoms. The SMILES string of the molecule is Cc1ccc(NC#N)c(F)c1. The van der Waals surface area contributed by atoms with Crippen LogP contribution in [0.3, 0.4) is 0 Å². The summed E-state index contributed by atoms with van der Waals surface area (Å²) in [5, 5.41) is 10.4. The standard InChI is InChI=1S/C8H7FN2/c1-6-2-3-8(11-5-10)7(9)4-6/h2-4,11H,1H3. The molecule has 1 rings (SSSR count). The van der Waals surface area contributed by atoms with Crippen LogP contribution in [-0.4, -0.2) is 0 Å². The summed E-state index contributed by atoms with van der Waals surface area (Å²) in [6, 6.07) is 4.65. The van der Waals surface area contributed by atoms with Crippen molar-refractivity contribution in [1.29, 1.82) is 5.26 Å². The Morgan fingerprint density at radius 2 is 2.27 bits per heavy atom. The van der Waals surface area contributed by atoms with E-state index in [1.165, 1.54) is 12.1 Å². The van der Waals surface area contributed by atoms with Crippen molar-refractivity contribution < 1.29 is 4.39 Å². The lowest BCUT2D eigenvalue weighted by Crippen LogP contribution is -1.91. The maximum Gasteiger partial charge on any atom is 0.181 e. The highest BCUT2D eigenvalue weighted by Gasteiger charge is 1.98. The maximum absolute atomic E-state index is 12.8. The zero-order chi connectivity index (χ0) is 8.27. The van der Waals surface area contributed by atoms with Crippen LogP contribution < -0.4 is 5.32 Å². The van der Waals surface area contributed by atoms with Crippen molar-refractivity contribution in [3.8, 4) is 6.19 Å². The molecule has 0 aromatic heterocycles. The second-order valence-electron chi connectivity index (χ2n) is 2.22. The molecule has 0 saturated carbocycles. The van der Waals surface area contributed by atoms with Crippen LogP contribution in [0, 0.1) is 24.2 Å². The van der Waals surface area contributed by atoms with Crippen LogP contribution >= 0.6 is 0 Å². The number of aryl methyl sites for hydroxylation is 1. The average Bonchev–Trinajstić information content (AvgIpc) is 1.95. The summed E-state index contributed by atoms with van der Waals surface area (Å²) in [5.41, 5.74) is 1.06. The van der Waals surface area contributed by atoms with Crippen LogP contribution in [0.15, 0.2) is 18.2 Å². The molecule has 1 aromatic rings. The normalized spacial score (nSPS) is 8.82. The molecule has 1 aromatic carbocycles. The Kier molecular flexibility index (Phi) is 2.07. The molecule has 0 aliphatic rings. The Morgan fingerprint density at radius 1 is 1.55 bits per heavy atom. The minimum Gasteiger partial charge on any atom is -0.290 e. The molecule has 0 bridgehead atoms. The van der Waals surface area contributed by atoms with E-state index < -0.39 is 5.82 Å². The van der Waals surface area contributed by atoms with Gasteiger partial charge in [0.1, 0.15) is 5.82 Å². The number of nitriles is 1. The quantitative estimate of drug-likeness (QED) is 0.491. The van der Waals surface area contributed by atoms with Crippen molar-refractivity contribution in [2.24, 2.45) is 0 Å². The van der Waals surface area contributed by atoms with E-state index in [-0.39, 0.29) is 5.69 Å². The Bertz CT molecular complexity index is 301. The number of hydrogen-bond acceptors (Lipinski definition) is 2. The van der Waals surface area contributed by atoms with Gasteiger partial charge in [-0.2, -0.15) is 5.26 Å². The predicted octanol–water partition coefficient (Wildman–Crippen LogP) is 2.03. The summed E-state index contributed by atoms with van der Waals surface area (Å²) in [6.07, 6.45) is 1.65. The lowest BCUT2D eigenvalue weighted by molar-refractivity contribution is 0.631. The molecule has 0 atom stereocenters. The van der Waals surface area contributed by atoms with E-state index >= 15 is 0 Å². The summed E-state index contributed by atoms with van der Waals surface area (Å²) in [7, 11) is 0. The second kappa shape index (κ2) is 3.02. The first-order valence-electron chi connectivity index (χ1n) is 3.15. The molecular weight excluding hydrogens is 143 g/mol. The molecular formula is C8H7FN2. The number of hydrogen-bond donors (Lipinski definition) is 1. The van der Waals surface area contributed by atoms with Gasteiger partial charge in [-0.15, -0.1) is 0 Å². The van der Waals surface area contributed by atoms with E-state index in [1.807, 2.05) is 0 Å². The molecule has 0 aliphatic heterocycles. The van der Waals surface area contributed by atoms with Crippen molar-refractivity contribution in [3.63, 3.8) is 0 Å². The van der Waals surface area contributed by atoms with Crippen molar-refractivity contribution in [1.82, 2.24) is 0 Å². The second-order valence-corrected chi connectivity index (χ2v) is 2.22. The largest absolute Gasteiger partial charge is 0.290 e. The summed E-state index contributed by atoms with van der Waals surface area (Å²) < 4.78 is 12.8. The zero-order valence-corrected chi connectivity index (χ0v) is 6.06. The Morgan fingerprint density at radius 3 is 2.82 bits per heavy atom. The highest BCUT2D eigenvalue weighted by molar-refractivity contribution is 5.48. The summed E-state index contributed by atoms with van der Waals surface area (Å²) in [4.78, 5) is 0. The molecule has 0 heterocycles. The first-order valence-corrected chi connectivity index (χ1v) is 3.15. The van der Waals surface area contributed by atoms with Gasteiger partial charge in [0.25, 0.3) is 0 Å². The van der Waals surface area contributed by atoms with E-state index in [0.29, 0.717) is 0 Å². The fraction of sp³-hybridized carbons (Fsp3) is 0.125. The van der Waals surface area contributed by atoms with Crippen molar-refractivity contribution in [2.75, 3.05) is 5.32 Å². The van der Waals surface area contributed by atoms with Crippen molar-refractivity contribution in [2.45, 2.75) is 6.92 Å². The Balaban J connectivity index is 3.01. The average molecular weight is 150 g/mol. The molecule has 0 spiro atoms. The molecule has 1 N–H and O–H groups in total. The van der Waals surface area contributed by atoms with Gasteiger partial charge >= 0.3 is 0 Å². The highest BCUT2D eigenvalue weighted by atomic mass is 19.1. The van der Waals surface area contributed by atoms with Crippen molar-refractivity contribution in [3.05, 3.63) is 29.6 Å². The fourth-order valence-corrected chi connectivity index (χ4v) is 0.782. The Hall–Kier alpha value is -1.56. The number of halogens is 1. The van der Waals surface area contributed by atoms with Gasteiger partial charge in [0.15, 0.2) is 6.19 Å². The van der Waals surface area contributed by atoms with Gasteiger partial charge in [-0.1, -0.05) is 6.07 Å². The van der Waals surface area contributed by atoms with E-state index in [1.54, 1.807) is 19.2 Å². The summed E-state index contributed by atoms with van der Waals surface area (Å²) in [6.45, 7) is 1.79. The van der Waals surface area contributed by atoms with Crippen LogP contribution in [-0.2, 0) is 0 Å². The Labute approximate surface area is 64.3 Å². The van der Waals surface area contributed by atoms with Crippen LogP contribution in [0.2, 0.25) is 0 Å². The molecule has 0 aliphatic carbocycles. The molecule has 0 saturated heterocycles. The molecule has 0 unspecified atom stereocenters. The van der Waals surface area contributed by atoms with Gasteiger partial charge < -0.3 is 0 Å². The zero-order valence-electron chi connectivity index (χ0n) is 6.06. The fourth-order valence-electron chi connectivity index (χ4n) is 0.782. The predicted molar refractivity (Wildman–Crippen MR) is 40.4 cm³/mol. The molecule has 56 valence electrons. The lowest BCUT2D eigenvalue weighted by Gasteiger charge is -1.99. The smallest absolute Gasteiger partial charge is 0.181 e. The monoisotopic (exact) mass is 150 g/mol. The third-order valence-electron chi connectivity index (χ3n) is 1.32. The number of anilines is 1. The number of rotatable bonds is 1. The molecule has 0 amide bonds. The number of nitrogens with one attached hydrogen (secondary N) is 1. The van der Waals surface area contributed by atoms with Gasteiger partial charge in [0, 0.05) is 0 Å². The van der Waals surface area contributed by atoms with Crippen LogP contribution in [0.4, 0.5) is 10.1 Å². The third-order valence-corrected chi connectivity index (χ3v) is 1.32.